The van der Waals surface area contributed by atoms with Gasteiger partial charge in [0.25, 0.3) is 0 Å². The topological polar surface area (TPSA) is 29.9 Å². The predicted octanol–water partition coefficient (Wildman–Crippen LogP) is 2.48. The van der Waals surface area contributed by atoms with Gasteiger partial charge in [0, 0.05) is 24.6 Å². The summed E-state index contributed by atoms with van der Waals surface area (Å²) in [6.07, 6.45) is 7.61. The van der Waals surface area contributed by atoms with E-state index >= 15 is 0 Å². The van der Waals surface area contributed by atoms with Crippen molar-refractivity contribution in [3.05, 3.63) is 47.8 Å². The van der Waals surface area contributed by atoms with Gasteiger partial charge in [-0.1, -0.05) is 6.07 Å². The Bertz CT molecular complexity index is 488. The van der Waals surface area contributed by atoms with Crippen molar-refractivity contribution in [3.63, 3.8) is 0 Å². The minimum atomic E-state index is 0.907. The molecule has 1 aromatic heterocycles. The molecular formula is C14H17N3. The van der Waals surface area contributed by atoms with Crippen molar-refractivity contribution in [2.45, 2.75) is 25.8 Å². The fourth-order valence-corrected chi connectivity index (χ4v) is 2.43. The average Bonchev–Trinajstić information content (AvgIpc) is 2.98. The number of hydrogen-bond donors (Lipinski definition) is 1. The monoisotopic (exact) mass is 227 g/mol. The second kappa shape index (κ2) is 4.62. The summed E-state index contributed by atoms with van der Waals surface area (Å²) in [5.41, 5.74) is 4.29. The molecule has 0 aliphatic heterocycles. The lowest BCUT2D eigenvalue weighted by Crippen LogP contribution is -2.10. The first-order valence-electron chi connectivity index (χ1n) is 6.25. The maximum atomic E-state index is 4.18. The summed E-state index contributed by atoms with van der Waals surface area (Å²) in [5.74, 6) is 0. The Labute approximate surface area is 101 Å². The zero-order valence-corrected chi connectivity index (χ0v) is 9.89. The highest BCUT2D eigenvalue weighted by Crippen LogP contribution is 2.24. The van der Waals surface area contributed by atoms with Gasteiger partial charge in [-0.05, 0) is 48.6 Å². The number of aryl methyl sites for hydroxylation is 2. The van der Waals surface area contributed by atoms with Gasteiger partial charge < -0.3 is 5.32 Å². The van der Waals surface area contributed by atoms with Crippen LogP contribution in [0.2, 0.25) is 0 Å². The van der Waals surface area contributed by atoms with Gasteiger partial charge in [-0.3, -0.25) is 4.68 Å². The minimum absolute atomic E-state index is 0.907. The van der Waals surface area contributed by atoms with Crippen LogP contribution in [0.3, 0.4) is 0 Å². The smallest absolute Gasteiger partial charge is 0.0582 e. The molecule has 0 saturated carbocycles. The molecule has 0 unspecified atom stereocenters. The van der Waals surface area contributed by atoms with E-state index in [-0.39, 0.29) is 0 Å². The first-order chi connectivity index (χ1) is 8.42. The third-order valence-corrected chi connectivity index (χ3v) is 3.33. The Morgan fingerprint density at radius 2 is 2.18 bits per heavy atom. The van der Waals surface area contributed by atoms with E-state index in [2.05, 4.69) is 28.6 Å². The first-order valence-corrected chi connectivity index (χ1v) is 6.25. The Balaban J connectivity index is 1.58. The first kappa shape index (κ1) is 10.4. The molecule has 0 saturated heterocycles. The van der Waals surface area contributed by atoms with Gasteiger partial charge >= 0.3 is 0 Å². The molecule has 0 amide bonds. The number of benzene rings is 1. The van der Waals surface area contributed by atoms with E-state index in [1.807, 2.05) is 23.1 Å². The molecule has 1 N–H and O–H groups in total. The number of nitrogens with one attached hydrogen (secondary N) is 1. The average molecular weight is 227 g/mol. The van der Waals surface area contributed by atoms with Crippen LogP contribution in [0.15, 0.2) is 36.7 Å². The molecule has 0 fully saturated rings. The molecule has 0 radical (unpaired) electrons. The van der Waals surface area contributed by atoms with Crippen molar-refractivity contribution in [2.24, 2.45) is 0 Å². The van der Waals surface area contributed by atoms with Gasteiger partial charge in [0.1, 0.15) is 0 Å². The summed E-state index contributed by atoms with van der Waals surface area (Å²) in [5, 5.41) is 7.63. The van der Waals surface area contributed by atoms with E-state index in [0.717, 1.165) is 13.1 Å². The molecule has 0 bridgehead atoms. The molecule has 3 heteroatoms. The molecule has 2 aromatic rings. The summed E-state index contributed by atoms with van der Waals surface area (Å²) < 4.78 is 1.94. The highest BCUT2D eigenvalue weighted by atomic mass is 15.3. The fraction of sp³-hybridized carbons (Fsp3) is 0.357. The van der Waals surface area contributed by atoms with Crippen LogP contribution in [0.5, 0.6) is 0 Å². The lowest BCUT2D eigenvalue weighted by atomic mass is 10.1. The molecule has 1 aliphatic carbocycles. The second-order valence-electron chi connectivity index (χ2n) is 4.53. The lowest BCUT2D eigenvalue weighted by Gasteiger charge is -2.08. The summed E-state index contributed by atoms with van der Waals surface area (Å²) in [6, 6.07) is 8.70. The Morgan fingerprint density at radius 3 is 3.06 bits per heavy atom. The highest BCUT2D eigenvalue weighted by Gasteiger charge is 2.10. The van der Waals surface area contributed by atoms with E-state index in [0.29, 0.717) is 0 Å². The zero-order valence-electron chi connectivity index (χ0n) is 9.89. The number of rotatable bonds is 4. The van der Waals surface area contributed by atoms with Crippen molar-refractivity contribution in [1.29, 1.82) is 0 Å². The third-order valence-electron chi connectivity index (χ3n) is 3.33. The van der Waals surface area contributed by atoms with Gasteiger partial charge in [-0.2, -0.15) is 5.10 Å². The van der Waals surface area contributed by atoms with Crippen molar-refractivity contribution in [3.8, 4) is 0 Å². The quantitative estimate of drug-likeness (QED) is 0.869. The third kappa shape index (κ3) is 2.33. The van der Waals surface area contributed by atoms with Gasteiger partial charge in [-0.15, -0.1) is 0 Å². The minimum Gasteiger partial charge on any atom is -0.383 e. The molecule has 17 heavy (non-hydrogen) atoms. The normalized spacial score (nSPS) is 13.6. The Kier molecular flexibility index (Phi) is 2.82. The van der Waals surface area contributed by atoms with E-state index in [4.69, 9.17) is 0 Å². The maximum Gasteiger partial charge on any atom is 0.0582 e. The highest BCUT2D eigenvalue weighted by molar-refractivity contribution is 5.50. The number of aromatic nitrogens is 2. The molecule has 1 aliphatic rings. The van der Waals surface area contributed by atoms with Crippen LogP contribution in [0.1, 0.15) is 17.5 Å². The molecule has 0 atom stereocenters. The standard InChI is InChI=1S/C14H17N3/c1-3-12-5-6-14(11-13(12)4-1)15-8-10-17-9-2-7-16-17/h2,5-7,9,11,15H,1,3-4,8,10H2. The molecular weight excluding hydrogens is 210 g/mol. The van der Waals surface area contributed by atoms with Crippen LogP contribution in [-0.4, -0.2) is 16.3 Å². The van der Waals surface area contributed by atoms with Crippen molar-refractivity contribution in [2.75, 3.05) is 11.9 Å². The largest absolute Gasteiger partial charge is 0.383 e. The van der Waals surface area contributed by atoms with Gasteiger partial charge in [0.2, 0.25) is 0 Å². The number of fused-ring (bicyclic) bond motifs is 1. The van der Waals surface area contributed by atoms with Crippen LogP contribution in [0.25, 0.3) is 0 Å². The molecule has 3 rings (SSSR count). The van der Waals surface area contributed by atoms with Crippen molar-refractivity contribution >= 4 is 5.69 Å². The van der Waals surface area contributed by atoms with Gasteiger partial charge in [0.05, 0.1) is 6.54 Å². The van der Waals surface area contributed by atoms with E-state index in [9.17, 15) is 0 Å². The van der Waals surface area contributed by atoms with E-state index < -0.39 is 0 Å². The molecule has 1 heterocycles. The van der Waals surface area contributed by atoms with Crippen LogP contribution >= 0.6 is 0 Å². The molecule has 0 spiro atoms. The van der Waals surface area contributed by atoms with Crippen LogP contribution in [0, 0.1) is 0 Å². The molecule has 88 valence electrons. The summed E-state index contributed by atoms with van der Waals surface area (Å²) in [7, 11) is 0. The van der Waals surface area contributed by atoms with E-state index in [1.54, 1.807) is 0 Å². The van der Waals surface area contributed by atoms with E-state index in [1.165, 1.54) is 36.1 Å². The number of anilines is 1. The lowest BCUT2D eigenvalue weighted by molar-refractivity contribution is 0.638. The SMILES string of the molecule is c1cnn(CCNc2ccc3c(c2)CCC3)c1. The zero-order chi connectivity index (χ0) is 11.5. The van der Waals surface area contributed by atoms with Gasteiger partial charge in [-0.25, -0.2) is 0 Å². The number of nitrogens with zero attached hydrogens (tertiary/aromatic N) is 2. The predicted molar refractivity (Wildman–Crippen MR) is 69.2 cm³/mol. The number of hydrogen-bond acceptors (Lipinski definition) is 2. The van der Waals surface area contributed by atoms with Crippen molar-refractivity contribution < 1.29 is 0 Å². The van der Waals surface area contributed by atoms with Crippen LogP contribution in [0.4, 0.5) is 5.69 Å². The Morgan fingerprint density at radius 1 is 1.24 bits per heavy atom. The van der Waals surface area contributed by atoms with Crippen molar-refractivity contribution in [1.82, 2.24) is 9.78 Å². The summed E-state index contributed by atoms with van der Waals surface area (Å²) in [6.45, 7) is 1.82. The maximum absolute atomic E-state index is 4.18. The fourth-order valence-electron chi connectivity index (χ4n) is 2.43. The van der Waals surface area contributed by atoms with Crippen LogP contribution < -0.4 is 5.32 Å². The molecule has 3 nitrogen and oxygen atoms in total. The van der Waals surface area contributed by atoms with Crippen LogP contribution in [-0.2, 0) is 19.4 Å². The summed E-state index contributed by atoms with van der Waals surface area (Å²) >= 11 is 0. The summed E-state index contributed by atoms with van der Waals surface area (Å²) in [4.78, 5) is 0. The molecule has 1 aromatic carbocycles. The second-order valence-corrected chi connectivity index (χ2v) is 4.53. The Hall–Kier alpha value is -1.77. The van der Waals surface area contributed by atoms with Gasteiger partial charge in [0.15, 0.2) is 0 Å².